The molecule has 57 heavy (non-hydrogen) atoms. The SMILES string of the molecule is C1=Cc2c(c3cc(N(c4ccc(-c5ccc6c7ccccc7n(-c7ccccc7)c6c5)cc4)C4C=CC(c5ccccc5)=CC4)ccc3n2-c2ccccc2)CC1. The van der Waals surface area contributed by atoms with Crippen LogP contribution in [0.5, 0.6) is 0 Å². The molecule has 2 heterocycles. The zero-order valence-corrected chi connectivity index (χ0v) is 31.7. The monoisotopic (exact) mass is 731 g/mol. The molecule has 0 saturated heterocycles. The van der Waals surface area contributed by atoms with Crippen molar-refractivity contribution in [1.29, 1.82) is 0 Å². The Morgan fingerprint density at radius 3 is 1.88 bits per heavy atom. The van der Waals surface area contributed by atoms with Crippen LogP contribution in [0.4, 0.5) is 11.4 Å². The second-order valence-electron chi connectivity index (χ2n) is 15.2. The van der Waals surface area contributed by atoms with Gasteiger partial charge in [0, 0.05) is 44.6 Å². The van der Waals surface area contributed by atoms with E-state index in [1.54, 1.807) is 0 Å². The maximum atomic E-state index is 2.54. The Balaban J connectivity index is 1.02. The van der Waals surface area contributed by atoms with Gasteiger partial charge in [0.25, 0.3) is 0 Å². The first-order valence-electron chi connectivity index (χ1n) is 20.1. The van der Waals surface area contributed by atoms with E-state index in [0.29, 0.717) is 0 Å². The van der Waals surface area contributed by atoms with Gasteiger partial charge in [-0.2, -0.15) is 0 Å². The molecular formula is C54H41N3. The van der Waals surface area contributed by atoms with Crippen LogP contribution in [0.25, 0.3) is 66.9 Å². The Labute approximate surface area is 333 Å². The maximum Gasteiger partial charge on any atom is 0.0560 e. The molecule has 2 aromatic heterocycles. The Morgan fingerprint density at radius 2 is 1.12 bits per heavy atom. The minimum atomic E-state index is 0.158. The first kappa shape index (κ1) is 33.3. The number of aromatic nitrogens is 2. The largest absolute Gasteiger partial charge is 0.334 e. The topological polar surface area (TPSA) is 13.1 Å². The van der Waals surface area contributed by atoms with Crippen molar-refractivity contribution in [3.05, 3.63) is 217 Å². The van der Waals surface area contributed by atoms with Crippen molar-refractivity contribution < 1.29 is 0 Å². The van der Waals surface area contributed by atoms with E-state index in [-0.39, 0.29) is 6.04 Å². The summed E-state index contributed by atoms with van der Waals surface area (Å²) in [6.45, 7) is 0. The number of hydrogen-bond acceptors (Lipinski definition) is 1. The quantitative estimate of drug-likeness (QED) is 0.159. The third-order valence-electron chi connectivity index (χ3n) is 11.9. The zero-order chi connectivity index (χ0) is 37.7. The summed E-state index contributed by atoms with van der Waals surface area (Å²) < 4.78 is 4.83. The Hall–Kier alpha value is -7.10. The summed E-state index contributed by atoms with van der Waals surface area (Å²) >= 11 is 0. The van der Waals surface area contributed by atoms with Crippen molar-refractivity contribution in [1.82, 2.24) is 9.13 Å². The van der Waals surface area contributed by atoms with Gasteiger partial charge in [0.15, 0.2) is 0 Å². The van der Waals surface area contributed by atoms with Crippen molar-refractivity contribution in [2.45, 2.75) is 25.3 Å². The van der Waals surface area contributed by atoms with E-state index < -0.39 is 0 Å². The van der Waals surface area contributed by atoms with Gasteiger partial charge in [-0.05, 0) is 120 Å². The van der Waals surface area contributed by atoms with Gasteiger partial charge < -0.3 is 14.0 Å². The molecule has 9 aromatic rings. The van der Waals surface area contributed by atoms with Crippen LogP contribution in [0.2, 0.25) is 0 Å². The normalized spacial score (nSPS) is 14.9. The van der Waals surface area contributed by atoms with Crippen molar-refractivity contribution in [3.8, 4) is 22.5 Å². The number of rotatable bonds is 7. The summed E-state index contributed by atoms with van der Waals surface area (Å²) in [5.41, 5.74) is 16.1. The van der Waals surface area contributed by atoms with Gasteiger partial charge in [0.05, 0.1) is 22.6 Å². The third-order valence-corrected chi connectivity index (χ3v) is 11.9. The zero-order valence-electron chi connectivity index (χ0n) is 31.7. The van der Waals surface area contributed by atoms with Crippen molar-refractivity contribution >= 4 is 55.7 Å². The minimum absolute atomic E-state index is 0.158. The van der Waals surface area contributed by atoms with Crippen LogP contribution in [-0.4, -0.2) is 15.2 Å². The number of hydrogen-bond donors (Lipinski definition) is 0. The van der Waals surface area contributed by atoms with E-state index in [0.717, 1.165) is 19.3 Å². The van der Waals surface area contributed by atoms with Crippen molar-refractivity contribution in [3.63, 3.8) is 0 Å². The van der Waals surface area contributed by atoms with Gasteiger partial charge in [0.1, 0.15) is 0 Å². The second kappa shape index (κ2) is 13.9. The second-order valence-corrected chi connectivity index (χ2v) is 15.2. The average Bonchev–Trinajstić information content (AvgIpc) is 3.80. The molecule has 272 valence electrons. The van der Waals surface area contributed by atoms with Gasteiger partial charge >= 0.3 is 0 Å². The summed E-state index contributed by atoms with van der Waals surface area (Å²) in [4.78, 5) is 2.54. The maximum absolute atomic E-state index is 2.54. The van der Waals surface area contributed by atoms with Crippen LogP contribution in [-0.2, 0) is 6.42 Å². The molecule has 1 unspecified atom stereocenters. The van der Waals surface area contributed by atoms with E-state index >= 15 is 0 Å². The lowest BCUT2D eigenvalue weighted by Gasteiger charge is -2.33. The Bertz CT molecular complexity index is 3020. The molecule has 2 aliphatic carbocycles. The molecule has 0 fully saturated rings. The van der Waals surface area contributed by atoms with E-state index in [4.69, 9.17) is 0 Å². The van der Waals surface area contributed by atoms with Gasteiger partial charge in [-0.15, -0.1) is 0 Å². The fourth-order valence-electron chi connectivity index (χ4n) is 9.23. The van der Waals surface area contributed by atoms with Gasteiger partial charge in [0.2, 0.25) is 0 Å². The number of nitrogens with zero attached hydrogens (tertiary/aromatic N) is 3. The van der Waals surface area contributed by atoms with Crippen molar-refractivity contribution in [2.75, 3.05) is 4.90 Å². The van der Waals surface area contributed by atoms with E-state index in [1.165, 1.54) is 89.0 Å². The van der Waals surface area contributed by atoms with Gasteiger partial charge in [-0.3, -0.25) is 0 Å². The molecule has 0 radical (unpaired) electrons. The fourth-order valence-corrected chi connectivity index (χ4v) is 9.23. The summed E-state index contributed by atoms with van der Waals surface area (Å²) in [5.74, 6) is 0. The highest BCUT2D eigenvalue weighted by atomic mass is 15.2. The molecule has 0 N–H and O–H groups in total. The summed E-state index contributed by atoms with van der Waals surface area (Å²) in [7, 11) is 0. The molecule has 1 atom stereocenters. The Morgan fingerprint density at radius 1 is 0.474 bits per heavy atom. The highest BCUT2D eigenvalue weighted by Gasteiger charge is 2.24. The molecule has 0 spiro atoms. The predicted molar refractivity (Wildman–Crippen MR) is 241 cm³/mol. The van der Waals surface area contributed by atoms with Crippen LogP contribution in [0.3, 0.4) is 0 Å². The summed E-state index contributed by atoms with van der Waals surface area (Å²) in [5, 5.41) is 3.87. The highest BCUT2D eigenvalue weighted by molar-refractivity contribution is 6.10. The van der Waals surface area contributed by atoms with Crippen LogP contribution < -0.4 is 4.90 Å². The molecule has 2 aliphatic rings. The van der Waals surface area contributed by atoms with Crippen LogP contribution in [0.1, 0.15) is 29.7 Å². The summed E-state index contributed by atoms with van der Waals surface area (Å²) in [6, 6.07) is 64.4. The van der Waals surface area contributed by atoms with E-state index in [9.17, 15) is 0 Å². The smallest absolute Gasteiger partial charge is 0.0560 e. The lowest BCUT2D eigenvalue weighted by atomic mass is 9.95. The van der Waals surface area contributed by atoms with E-state index in [2.05, 4.69) is 220 Å². The van der Waals surface area contributed by atoms with Gasteiger partial charge in [-0.25, -0.2) is 0 Å². The highest BCUT2D eigenvalue weighted by Crippen LogP contribution is 2.41. The lowest BCUT2D eigenvalue weighted by Crippen LogP contribution is -2.30. The number of fused-ring (bicyclic) bond motifs is 6. The molecule has 3 heteroatoms. The number of benzene rings is 7. The molecule has 0 amide bonds. The molecule has 0 bridgehead atoms. The Kier molecular flexibility index (Phi) is 8.10. The first-order valence-corrected chi connectivity index (χ1v) is 20.1. The predicted octanol–water partition coefficient (Wildman–Crippen LogP) is 13.9. The molecule has 3 nitrogen and oxygen atoms in total. The van der Waals surface area contributed by atoms with Crippen molar-refractivity contribution in [2.24, 2.45) is 0 Å². The van der Waals surface area contributed by atoms with Crippen LogP contribution in [0.15, 0.2) is 200 Å². The molecule has 0 aliphatic heterocycles. The number of allylic oxidation sites excluding steroid dienone is 3. The number of aryl methyl sites for hydroxylation is 1. The molecular weight excluding hydrogens is 691 g/mol. The summed E-state index contributed by atoms with van der Waals surface area (Å²) in [6.07, 6.45) is 14.8. The third kappa shape index (κ3) is 5.74. The van der Waals surface area contributed by atoms with Crippen LogP contribution >= 0.6 is 0 Å². The number of para-hydroxylation sites is 3. The average molecular weight is 732 g/mol. The van der Waals surface area contributed by atoms with Crippen LogP contribution in [0, 0.1) is 0 Å². The standard InChI is InChI=1S/C54H41N3/c1-4-14-38(15-5-1)39-24-29-44(30-25-39)55(46-33-35-53-50(37-46)48-21-11-13-23-52(48)56(53)42-16-6-2-7-17-42)45-31-26-40(27-32-45)41-28-34-49-47-20-10-12-22-51(47)57(54(49)36-41)43-18-8-3-9-19-43/h1-10,12-20,22-29,31-37,44H,11,21,30H2. The van der Waals surface area contributed by atoms with Gasteiger partial charge in [-0.1, -0.05) is 133 Å². The molecule has 0 saturated carbocycles. The van der Waals surface area contributed by atoms with E-state index in [1.807, 2.05) is 0 Å². The molecule has 7 aromatic carbocycles. The fraction of sp³-hybridized carbons (Fsp3) is 0.0741. The molecule has 11 rings (SSSR count). The number of anilines is 2. The first-order chi connectivity index (χ1) is 28.3. The minimum Gasteiger partial charge on any atom is -0.334 e. The lowest BCUT2D eigenvalue weighted by molar-refractivity contribution is 0.787.